The van der Waals surface area contributed by atoms with Crippen molar-refractivity contribution < 1.29 is 9.84 Å². The summed E-state index contributed by atoms with van der Waals surface area (Å²) < 4.78 is 5.48. The molecule has 0 fully saturated rings. The summed E-state index contributed by atoms with van der Waals surface area (Å²) in [7, 11) is 0. The van der Waals surface area contributed by atoms with Gasteiger partial charge in [0.15, 0.2) is 0 Å². The van der Waals surface area contributed by atoms with E-state index in [2.05, 4.69) is 6.92 Å². The first kappa shape index (κ1) is 17.0. The lowest BCUT2D eigenvalue weighted by Crippen LogP contribution is -2.20. The lowest BCUT2D eigenvalue weighted by Gasteiger charge is -2.13. The Kier molecular flexibility index (Phi) is 8.71. The molecule has 1 unspecified atom stereocenters. The van der Waals surface area contributed by atoms with Crippen LogP contribution >= 0.6 is 35.0 Å². The van der Waals surface area contributed by atoms with Crippen molar-refractivity contribution in [2.75, 3.05) is 18.1 Å². The number of aliphatic hydroxyl groups is 1. The van der Waals surface area contributed by atoms with E-state index in [9.17, 15) is 5.11 Å². The van der Waals surface area contributed by atoms with Gasteiger partial charge in [-0.1, -0.05) is 43.0 Å². The number of unbranched alkanes of at least 4 members (excludes halogenated alkanes) is 2. The predicted octanol–water partition coefficient (Wildman–Crippen LogP) is 4.66. The minimum atomic E-state index is -0.474. The summed E-state index contributed by atoms with van der Waals surface area (Å²) in [6.45, 7) is 2.44. The first-order valence-corrected chi connectivity index (χ1v) is 8.38. The molecular weight excluding hydrogens is 303 g/mol. The van der Waals surface area contributed by atoms with Crippen LogP contribution < -0.4 is 4.74 Å². The van der Waals surface area contributed by atoms with Gasteiger partial charge in [-0.3, -0.25) is 0 Å². The Hall–Kier alpha value is -0.0900. The van der Waals surface area contributed by atoms with Crippen LogP contribution in [0.1, 0.15) is 26.2 Å². The monoisotopic (exact) mass is 322 g/mol. The summed E-state index contributed by atoms with van der Waals surface area (Å²) >= 11 is 13.5. The summed E-state index contributed by atoms with van der Waals surface area (Å²) in [5.41, 5.74) is 0. The molecule has 108 valence electrons. The molecule has 0 amide bonds. The summed E-state index contributed by atoms with van der Waals surface area (Å²) in [6.07, 6.45) is 3.21. The molecule has 0 saturated heterocycles. The van der Waals surface area contributed by atoms with Crippen LogP contribution in [0.3, 0.4) is 0 Å². The van der Waals surface area contributed by atoms with Crippen LogP contribution in [0.2, 0.25) is 10.0 Å². The molecule has 0 aliphatic carbocycles. The summed E-state index contributed by atoms with van der Waals surface area (Å²) in [5.74, 6) is 2.34. The van der Waals surface area contributed by atoms with Crippen molar-refractivity contribution in [2.45, 2.75) is 32.3 Å². The molecule has 1 atom stereocenters. The SMILES string of the molecule is CCCCCSCC(O)COc1ccc(Cl)cc1Cl. The topological polar surface area (TPSA) is 29.5 Å². The van der Waals surface area contributed by atoms with Gasteiger partial charge in [0.1, 0.15) is 12.4 Å². The highest BCUT2D eigenvalue weighted by molar-refractivity contribution is 7.99. The molecule has 19 heavy (non-hydrogen) atoms. The second-order valence-electron chi connectivity index (χ2n) is 4.32. The van der Waals surface area contributed by atoms with E-state index in [0.717, 1.165) is 5.75 Å². The predicted molar refractivity (Wildman–Crippen MR) is 84.8 cm³/mol. The minimum Gasteiger partial charge on any atom is -0.489 e. The van der Waals surface area contributed by atoms with E-state index in [0.29, 0.717) is 21.5 Å². The maximum absolute atomic E-state index is 9.80. The van der Waals surface area contributed by atoms with Crippen LogP contribution in [0.15, 0.2) is 18.2 Å². The standard InChI is InChI=1S/C14H20Cl2O2S/c1-2-3-4-7-19-10-12(17)9-18-14-6-5-11(15)8-13(14)16/h5-6,8,12,17H,2-4,7,9-10H2,1H3. The van der Waals surface area contributed by atoms with Crippen molar-refractivity contribution in [3.8, 4) is 5.75 Å². The number of aliphatic hydroxyl groups excluding tert-OH is 1. The van der Waals surface area contributed by atoms with Gasteiger partial charge in [-0.05, 0) is 30.4 Å². The van der Waals surface area contributed by atoms with Gasteiger partial charge < -0.3 is 9.84 Å². The van der Waals surface area contributed by atoms with Gasteiger partial charge in [-0.2, -0.15) is 11.8 Å². The highest BCUT2D eigenvalue weighted by atomic mass is 35.5. The number of rotatable bonds is 9. The normalized spacial score (nSPS) is 12.4. The Morgan fingerprint density at radius 1 is 1.32 bits per heavy atom. The van der Waals surface area contributed by atoms with Gasteiger partial charge >= 0.3 is 0 Å². The number of hydrogen-bond acceptors (Lipinski definition) is 3. The Bertz CT molecular complexity index is 374. The quantitative estimate of drug-likeness (QED) is 0.671. The third-order valence-corrected chi connectivity index (χ3v) is 4.26. The maximum atomic E-state index is 9.80. The average Bonchev–Trinajstić information content (AvgIpc) is 2.37. The molecule has 0 saturated carbocycles. The van der Waals surface area contributed by atoms with Crippen molar-refractivity contribution in [1.29, 1.82) is 0 Å². The van der Waals surface area contributed by atoms with Crippen molar-refractivity contribution >= 4 is 35.0 Å². The average molecular weight is 323 g/mol. The molecule has 0 aliphatic heterocycles. The zero-order valence-corrected chi connectivity index (χ0v) is 13.4. The molecule has 1 rings (SSSR count). The van der Waals surface area contributed by atoms with Crippen molar-refractivity contribution in [3.05, 3.63) is 28.2 Å². The molecule has 5 heteroatoms. The zero-order chi connectivity index (χ0) is 14.1. The molecule has 1 N–H and O–H groups in total. The van der Waals surface area contributed by atoms with E-state index in [1.54, 1.807) is 30.0 Å². The smallest absolute Gasteiger partial charge is 0.138 e. The van der Waals surface area contributed by atoms with Gasteiger partial charge in [0.25, 0.3) is 0 Å². The van der Waals surface area contributed by atoms with E-state index in [1.807, 2.05) is 0 Å². The second kappa shape index (κ2) is 9.76. The molecular formula is C14H20Cl2O2S. The zero-order valence-electron chi connectivity index (χ0n) is 11.1. The van der Waals surface area contributed by atoms with E-state index >= 15 is 0 Å². The Balaban J connectivity index is 2.20. The molecule has 0 bridgehead atoms. The van der Waals surface area contributed by atoms with Gasteiger partial charge in [0.2, 0.25) is 0 Å². The van der Waals surface area contributed by atoms with Crippen LogP contribution in [-0.2, 0) is 0 Å². The second-order valence-corrected chi connectivity index (χ2v) is 6.32. The number of hydrogen-bond donors (Lipinski definition) is 1. The minimum absolute atomic E-state index is 0.252. The first-order chi connectivity index (χ1) is 9.13. The summed E-state index contributed by atoms with van der Waals surface area (Å²) in [5, 5.41) is 10.8. The Morgan fingerprint density at radius 3 is 2.79 bits per heavy atom. The molecule has 0 aliphatic rings. The first-order valence-electron chi connectivity index (χ1n) is 6.47. The number of halogens is 2. The molecule has 0 aromatic heterocycles. The van der Waals surface area contributed by atoms with Gasteiger partial charge in [0.05, 0.1) is 11.1 Å². The van der Waals surface area contributed by atoms with Crippen LogP contribution in [0.4, 0.5) is 0 Å². The molecule has 0 heterocycles. The van der Waals surface area contributed by atoms with Crippen LogP contribution in [0.25, 0.3) is 0 Å². The maximum Gasteiger partial charge on any atom is 0.138 e. The van der Waals surface area contributed by atoms with Gasteiger partial charge in [-0.15, -0.1) is 0 Å². The fraction of sp³-hybridized carbons (Fsp3) is 0.571. The van der Waals surface area contributed by atoms with Crippen LogP contribution in [0.5, 0.6) is 5.75 Å². The largest absolute Gasteiger partial charge is 0.489 e. The van der Waals surface area contributed by atoms with Crippen LogP contribution in [0, 0.1) is 0 Å². The van der Waals surface area contributed by atoms with E-state index in [-0.39, 0.29) is 6.61 Å². The van der Waals surface area contributed by atoms with E-state index < -0.39 is 6.10 Å². The Labute approximate surface area is 129 Å². The lowest BCUT2D eigenvalue weighted by atomic mass is 10.3. The van der Waals surface area contributed by atoms with E-state index in [4.69, 9.17) is 27.9 Å². The number of thioether (sulfide) groups is 1. The van der Waals surface area contributed by atoms with Crippen molar-refractivity contribution in [2.24, 2.45) is 0 Å². The molecule has 1 aromatic rings. The molecule has 1 aromatic carbocycles. The summed E-state index contributed by atoms with van der Waals surface area (Å²) in [6, 6.07) is 5.06. The third kappa shape index (κ3) is 7.31. The van der Waals surface area contributed by atoms with Crippen LogP contribution in [-0.4, -0.2) is 29.3 Å². The van der Waals surface area contributed by atoms with E-state index in [1.165, 1.54) is 19.3 Å². The number of ether oxygens (including phenoxy) is 1. The Morgan fingerprint density at radius 2 is 2.11 bits per heavy atom. The van der Waals surface area contributed by atoms with Crippen molar-refractivity contribution in [1.82, 2.24) is 0 Å². The number of benzene rings is 1. The summed E-state index contributed by atoms with van der Waals surface area (Å²) in [4.78, 5) is 0. The fourth-order valence-electron chi connectivity index (χ4n) is 1.50. The molecule has 2 nitrogen and oxygen atoms in total. The van der Waals surface area contributed by atoms with Gasteiger partial charge in [-0.25, -0.2) is 0 Å². The molecule has 0 spiro atoms. The van der Waals surface area contributed by atoms with Gasteiger partial charge in [0, 0.05) is 10.8 Å². The third-order valence-electron chi connectivity index (χ3n) is 2.53. The highest BCUT2D eigenvalue weighted by Gasteiger charge is 2.08. The fourth-order valence-corrected chi connectivity index (χ4v) is 2.91. The molecule has 0 radical (unpaired) electrons. The lowest BCUT2D eigenvalue weighted by molar-refractivity contribution is 0.126. The van der Waals surface area contributed by atoms with Crippen molar-refractivity contribution in [3.63, 3.8) is 0 Å². The highest BCUT2D eigenvalue weighted by Crippen LogP contribution is 2.27.